The second-order valence-corrected chi connectivity index (χ2v) is 8.30. The van der Waals surface area contributed by atoms with Crippen LogP contribution in [0.25, 0.3) is 22.3 Å². The van der Waals surface area contributed by atoms with Gasteiger partial charge in [-0.25, -0.2) is 14.6 Å². The highest BCUT2D eigenvalue weighted by atomic mass is 35.5. The number of rotatable bonds is 7. The monoisotopic (exact) mass is 476 g/mol. The summed E-state index contributed by atoms with van der Waals surface area (Å²) in [4.78, 5) is 61.6. The van der Waals surface area contributed by atoms with Crippen LogP contribution in [0.1, 0.15) is 38.9 Å². The van der Waals surface area contributed by atoms with Crippen LogP contribution >= 0.6 is 11.6 Å². The number of H-pyrrole nitrogens is 1. The fourth-order valence-corrected chi connectivity index (χ4v) is 4.26. The van der Waals surface area contributed by atoms with Gasteiger partial charge in [0.25, 0.3) is 11.1 Å². The summed E-state index contributed by atoms with van der Waals surface area (Å²) in [7, 11) is 2.89. The van der Waals surface area contributed by atoms with E-state index >= 15 is 0 Å². The molecule has 0 amide bonds. The quantitative estimate of drug-likeness (QED) is 0.387. The largest absolute Gasteiger partial charge is 0.332 e. The number of hydrogen-bond donors (Lipinski definition) is 1. The second kappa shape index (κ2) is 8.50. The number of nitrogens with zero attached hydrogens (tertiary/aromatic N) is 7. The van der Waals surface area contributed by atoms with Gasteiger partial charge in [-0.05, 0) is 24.4 Å². The molecule has 0 aromatic carbocycles. The summed E-state index contributed by atoms with van der Waals surface area (Å²) in [6, 6.07) is 0. The van der Waals surface area contributed by atoms with E-state index in [0.29, 0.717) is 36.5 Å². The minimum atomic E-state index is -0.539. The molecule has 176 valence electrons. The highest BCUT2D eigenvalue weighted by Gasteiger charge is 2.22. The summed E-state index contributed by atoms with van der Waals surface area (Å²) < 4.78 is 6.91. The molecule has 0 saturated carbocycles. The molecule has 13 heteroatoms. The molecule has 0 fully saturated rings. The first-order valence-electron chi connectivity index (χ1n) is 10.7. The molecule has 4 aromatic heterocycles. The normalized spacial score (nSPS) is 11.8. The molecule has 0 bridgehead atoms. The smallest absolute Gasteiger partial charge is 0.321 e. The van der Waals surface area contributed by atoms with Gasteiger partial charge in [-0.3, -0.25) is 28.3 Å². The zero-order valence-electron chi connectivity index (χ0n) is 18.9. The van der Waals surface area contributed by atoms with Crippen molar-refractivity contribution >= 4 is 33.9 Å². The Morgan fingerprint density at radius 2 is 1.58 bits per heavy atom. The predicted octanol–water partition coefficient (Wildman–Crippen LogP) is 0.545. The summed E-state index contributed by atoms with van der Waals surface area (Å²) in [6.45, 7) is 4.89. The Hall–Kier alpha value is -3.41. The standard InChI is InChI=1S/C20H25ClN8O4/c1-5-7-9-28-15-12(16(30)24-19(28)32)27(8-6-2)11(22-15)10-29-13-14(23-18(29)21)25(3)20(33)26(4)17(13)31/h5-10H2,1-4H3,(H,24,30,32). The first kappa shape index (κ1) is 22.8. The summed E-state index contributed by atoms with van der Waals surface area (Å²) >= 11 is 6.38. The molecule has 33 heavy (non-hydrogen) atoms. The number of unbranched alkanes of at least 4 members (excludes halogenated alkanes) is 1. The van der Waals surface area contributed by atoms with Gasteiger partial charge < -0.3 is 9.13 Å². The van der Waals surface area contributed by atoms with Crippen LogP contribution in [0.4, 0.5) is 0 Å². The third kappa shape index (κ3) is 3.54. The number of imidazole rings is 2. The number of aryl methyl sites for hydroxylation is 3. The zero-order valence-corrected chi connectivity index (χ0v) is 19.6. The van der Waals surface area contributed by atoms with Crippen molar-refractivity contribution in [2.45, 2.75) is 52.7 Å². The molecule has 12 nitrogen and oxygen atoms in total. The van der Waals surface area contributed by atoms with E-state index in [4.69, 9.17) is 11.6 Å². The maximum Gasteiger partial charge on any atom is 0.332 e. The lowest BCUT2D eigenvalue weighted by atomic mass is 10.3. The van der Waals surface area contributed by atoms with Crippen molar-refractivity contribution in [2.75, 3.05) is 0 Å². The number of nitrogens with one attached hydrogen (secondary N) is 1. The Bertz CT molecular complexity index is 1610. The first-order valence-corrected chi connectivity index (χ1v) is 11.1. The molecule has 0 aliphatic heterocycles. The van der Waals surface area contributed by atoms with Crippen LogP contribution in [0.3, 0.4) is 0 Å². The van der Waals surface area contributed by atoms with Gasteiger partial charge in [0.2, 0.25) is 5.28 Å². The topological polar surface area (TPSA) is 135 Å². The third-order valence-electron chi connectivity index (χ3n) is 5.75. The van der Waals surface area contributed by atoms with E-state index in [2.05, 4.69) is 15.0 Å². The molecule has 0 radical (unpaired) electrons. The van der Waals surface area contributed by atoms with Crippen molar-refractivity contribution in [1.29, 1.82) is 0 Å². The van der Waals surface area contributed by atoms with Crippen LogP contribution in [0.5, 0.6) is 0 Å². The molecule has 0 saturated heterocycles. The fourth-order valence-electron chi connectivity index (χ4n) is 4.03. The van der Waals surface area contributed by atoms with Gasteiger partial charge in [-0.1, -0.05) is 20.3 Å². The van der Waals surface area contributed by atoms with Crippen molar-refractivity contribution in [2.24, 2.45) is 14.1 Å². The van der Waals surface area contributed by atoms with E-state index < -0.39 is 22.5 Å². The van der Waals surface area contributed by atoms with Gasteiger partial charge in [-0.2, -0.15) is 4.98 Å². The maximum absolute atomic E-state index is 12.9. The molecule has 0 aliphatic rings. The van der Waals surface area contributed by atoms with Crippen molar-refractivity contribution in [1.82, 2.24) is 37.8 Å². The van der Waals surface area contributed by atoms with E-state index in [0.717, 1.165) is 17.4 Å². The average Bonchev–Trinajstić information content (AvgIpc) is 3.29. The van der Waals surface area contributed by atoms with E-state index in [9.17, 15) is 19.2 Å². The van der Waals surface area contributed by atoms with Gasteiger partial charge in [0.1, 0.15) is 5.82 Å². The predicted molar refractivity (Wildman–Crippen MR) is 124 cm³/mol. The highest BCUT2D eigenvalue weighted by Crippen LogP contribution is 2.20. The van der Waals surface area contributed by atoms with Crippen molar-refractivity contribution in [3.63, 3.8) is 0 Å². The highest BCUT2D eigenvalue weighted by molar-refractivity contribution is 6.29. The van der Waals surface area contributed by atoms with Crippen molar-refractivity contribution in [3.05, 3.63) is 52.8 Å². The molecule has 4 rings (SSSR count). The number of hydrogen-bond acceptors (Lipinski definition) is 6. The van der Waals surface area contributed by atoms with Gasteiger partial charge in [-0.15, -0.1) is 0 Å². The van der Waals surface area contributed by atoms with E-state index in [1.165, 1.54) is 27.8 Å². The van der Waals surface area contributed by atoms with E-state index in [1.807, 2.05) is 13.8 Å². The molecular formula is C20H25ClN8O4. The van der Waals surface area contributed by atoms with E-state index in [1.54, 1.807) is 4.57 Å². The Balaban J connectivity index is 2.00. The molecule has 0 aliphatic carbocycles. The van der Waals surface area contributed by atoms with Gasteiger partial charge in [0.15, 0.2) is 22.3 Å². The molecular weight excluding hydrogens is 452 g/mol. The van der Waals surface area contributed by atoms with Crippen LogP contribution in [0, 0.1) is 0 Å². The van der Waals surface area contributed by atoms with Gasteiger partial charge in [0.05, 0.1) is 6.54 Å². The molecule has 4 heterocycles. The third-order valence-corrected chi connectivity index (χ3v) is 6.04. The van der Waals surface area contributed by atoms with Crippen LogP contribution in [-0.4, -0.2) is 37.8 Å². The number of aromatic nitrogens is 8. The molecule has 0 unspecified atom stereocenters. The average molecular weight is 477 g/mol. The number of halogens is 1. The second-order valence-electron chi connectivity index (χ2n) is 7.96. The number of aromatic amines is 1. The first-order chi connectivity index (χ1) is 15.7. The molecule has 0 atom stereocenters. The Kier molecular flexibility index (Phi) is 5.87. The zero-order chi connectivity index (χ0) is 24.0. The van der Waals surface area contributed by atoms with Gasteiger partial charge in [0, 0.05) is 27.2 Å². The van der Waals surface area contributed by atoms with Crippen LogP contribution in [0.2, 0.25) is 5.28 Å². The molecule has 0 spiro atoms. The Morgan fingerprint density at radius 3 is 2.24 bits per heavy atom. The summed E-state index contributed by atoms with van der Waals surface area (Å²) in [5.74, 6) is 0.449. The molecule has 4 aromatic rings. The fraction of sp³-hybridized carbons (Fsp3) is 0.500. The van der Waals surface area contributed by atoms with Crippen LogP contribution < -0.4 is 22.5 Å². The van der Waals surface area contributed by atoms with Crippen molar-refractivity contribution in [3.8, 4) is 0 Å². The van der Waals surface area contributed by atoms with Gasteiger partial charge >= 0.3 is 11.4 Å². The van der Waals surface area contributed by atoms with Crippen LogP contribution in [0.15, 0.2) is 19.2 Å². The molecule has 1 N–H and O–H groups in total. The Morgan fingerprint density at radius 1 is 0.848 bits per heavy atom. The maximum atomic E-state index is 12.9. The lowest BCUT2D eigenvalue weighted by Crippen LogP contribution is -2.37. The summed E-state index contributed by atoms with van der Waals surface area (Å²) in [5, 5.41) is 0.00990. The summed E-state index contributed by atoms with van der Waals surface area (Å²) in [6.07, 6.45) is 2.33. The van der Waals surface area contributed by atoms with Crippen molar-refractivity contribution < 1.29 is 0 Å². The lowest BCUT2D eigenvalue weighted by Gasteiger charge is -2.10. The minimum absolute atomic E-state index is 0.00990. The lowest BCUT2D eigenvalue weighted by molar-refractivity contribution is 0.612. The number of fused-ring (bicyclic) bond motifs is 2. The van der Waals surface area contributed by atoms with Crippen LogP contribution in [-0.2, 0) is 33.7 Å². The Labute approximate surface area is 191 Å². The van der Waals surface area contributed by atoms with E-state index in [-0.39, 0.29) is 23.0 Å². The SMILES string of the molecule is CCCCn1c(=O)[nH]c(=O)c2c1nc(Cn1c(Cl)nc3c1c(=O)n(C)c(=O)n3C)n2CCC. The summed E-state index contributed by atoms with van der Waals surface area (Å²) in [5.41, 5.74) is -1.19. The minimum Gasteiger partial charge on any atom is -0.321 e.